The van der Waals surface area contributed by atoms with Gasteiger partial charge < -0.3 is 0 Å². The van der Waals surface area contributed by atoms with E-state index in [1.807, 2.05) is 13.0 Å². The summed E-state index contributed by atoms with van der Waals surface area (Å²) in [6.45, 7) is 3.72. The van der Waals surface area contributed by atoms with Gasteiger partial charge in [0.1, 0.15) is 5.82 Å². The third-order valence-electron chi connectivity index (χ3n) is 1.82. The first-order chi connectivity index (χ1) is 5.15. The normalized spacial score (nSPS) is 10.2. The molecule has 0 aliphatic rings. The quantitative estimate of drug-likeness (QED) is 0.633. The van der Waals surface area contributed by atoms with E-state index in [2.05, 4.69) is 15.9 Å². The van der Waals surface area contributed by atoms with Crippen LogP contribution in [0, 0.1) is 19.7 Å². The first kappa shape index (κ1) is 8.72. The molecular formula is C9H10BrF. The molecule has 11 heavy (non-hydrogen) atoms. The number of hydrogen-bond acceptors (Lipinski definition) is 0. The van der Waals surface area contributed by atoms with Gasteiger partial charge in [-0.15, -0.1) is 0 Å². The van der Waals surface area contributed by atoms with Crippen molar-refractivity contribution in [3.8, 4) is 0 Å². The van der Waals surface area contributed by atoms with Crippen LogP contribution >= 0.6 is 15.9 Å². The maximum Gasteiger partial charge on any atom is 0.126 e. The average molecular weight is 217 g/mol. The van der Waals surface area contributed by atoms with Crippen molar-refractivity contribution in [3.05, 3.63) is 34.6 Å². The van der Waals surface area contributed by atoms with E-state index in [1.54, 1.807) is 13.0 Å². The molecule has 60 valence electrons. The fourth-order valence-corrected chi connectivity index (χ4v) is 1.29. The Kier molecular flexibility index (Phi) is 2.66. The second-order valence-electron chi connectivity index (χ2n) is 2.65. The highest BCUT2D eigenvalue weighted by Gasteiger charge is 2.01. The smallest absolute Gasteiger partial charge is 0.126 e. The second-order valence-corrected chi connectivity index (χ2v) is 3.21. The summed E-state index contributed by atoms with van der Waals surface area (Å²) in [6.07, 6.45) is 0. The van der Waals surface area contributed by atoms with Gasteiger partial charge in [-0.05, 0) is 36.6 Å². The first-order valence-electron chi connectivity index (χ1n) is 3.46. The van der Waals surface area contributed by atoms with Crippen LogP contribution in [0.15, 0.2) is 12.1 Å². The van der Waals surface area contributed by atoms with Gasteiger partial charge in [-0.2, -0.15) is 0 Å². The highest BCUT2D eigenvalue weighted by Crippen LogP contribution is 2.16. The van der Waals surface area contributed by atoms with Gasteiger partial charge >= 0.3 is 0 Å². The lowest BCUT2D eigenvalue weighted by Gasteiger charge is -2.03. The van der Waals surface area contributed by atoms with Gasteiger partial charge in [-0.25, -0.2) is 4.39 Å². The van der Waals surface area contributed by atoms with Crippen LogP contribution in [0.3, 0.4) is 0 Å². The van der Waals surface area contributed by atoms with Crippen LogP contribution in [-0.2, 0) is 5.33 Å². The van der Waals surface area contributed by atoms with Crippen LogP contribution < -0.4 is 0 Å². The Morgan fingerprint density at radius 3 is 2.45 bits per heavy atom. The molecule has 0 aromatic heterocycles. The van der Waals surface area contributed by atoms with Gasteiger partial charge in [0.05, 0.1) is 0 Å². The molecule has 0 N–H and O–H groups in total. The summed E-state index contributed by atoms with van der Waals surface area (Å²) in [5, 5.41) is 0.713. The molecule has 1 aromatic rings. The molecule has 0 unspecified atom stereocenters. The highest BCUT2D eigenvalue weighted by molar-refractivity contribution is 9.08. The zero-order chi connectivity index (χ0) is 8.43. The second kappa shape index (κ2) is 3.35. The molecule has 0 amide bonds. The van der Waals surface area contributed by atoms with E-state index in [0.717, 1.165) is 16.7 Å². The molecule has 0 atom stereocenters. The van der Waals surface area contributed by atoms with Crippen molar-refractivity contribution in [2.24, 2.45) is 0 Å². The predicted molar refractivity (Wildman–Crippen MR) is 48.5 cm³/mol. The maximum atomic E-state index is 13.0. The molecule has 0 radical (unpaired) electrons. The van der Waals surface area contributed by atoms with Crippen LogP contribution in [0.5, 0.6) is 0 Å². The molecule has 0 saturated heterocycles. The molecule has 0 aliphatic carbocycles. The largest absolute Gasteiger partial charge is 0.207 e. The Morgan fingerprint density at radius 2 is 2.00 bits per heavy atom. The van der Waals surface area contributed by atoms with Crippen molar-refractivity contribution >= 4 is 15.9 Å². The van der Waals surface area contributed by atoms with Gasteiger partial charge in [0.25, 0.3) is 0 Å². The van der Waals surface area contributed by atoms with Crippen molar-refractivity contribution in [2.45, 2.75) is 19.2 Å². The monoisotopic (exact) mass is 216 g/mol. The Labute approximate surface area is 74.6 Å². The van der Waals surface area contributed by atoms with E-state index < -0.39 is 0 Å². The molecule has 1 aromatic carbocycles. The van der Waals surface area contributed by atoms with Crippen LogP contribution in [0.2, 0.25) is 0 Å². The maximum absolute atomic E-state index is 13.0. The van der Waals surface area contributed by atoms with Crippen molar-refractivity contribution in [1.82, 2.24) is 0 Å². The number of aryl methyl sites for hydroxylation is 1. The molecule has 2 heteroatoms. The lowest BCUT2D eigenvalue weighted by molar-refractivity contribution is 0.615. The zero-order valence-electron chi connectivity index (χ0n) is 6.62. The third kappa shape index (κ3) is 1.80. The van der Waals surface area contributed by atoms with Crippen LogP contribution in [0.25, 0.3) is 0 Å². The lowest BCUT2D eigenvalue weighted by atomic mass is 10.1. The van der Waals surface area contributed by atoms with Crippen molar-refractivity contribution in [1.29, 1.82) is 0 Å². The Hall–Kier alpha value is -0.370. The molecule has 1 rings (SSSR count). The first-order valence-corrected chi connectivity index (χ1v) is 4.59. The summed E-state index contributed by atoms with van der Waals surface area (Å²) in [6, 6.07) is 3.56. The number of alkyl halides is 1. The minimum absolute atomic E-state index is 0.112. The van der Waals surface area contributed by atoms with Crippen molar-refractivity contribution < 1.29 is 4.39 Å². The Bertz CT molecular complexity index is 245. The van der Waals surface area contributed by atoms with E-state index in [4.69, 9.17) is 0 Å². The van der Waals surface area contributed by atoms with Gasteiger partial charge in [0.2, 0.25) is 0 Å². The molecule has 0 bridgehead atoms. The van der Waals surface area contributed by atoms with Crippen LogP contribution in [0.1, 0.15) is 16.7 Å². The van der Waals surface area contributed by atoms with E-state index >= 15 is 0 Å². The molecule has 0 spiro atoms. The predicted octanol–water partition coefficient (Wildman–Crippen LogP) is 3.34. The van der Waals surface area contributed by atoms with Gasteiger partial charge in [-0.3, -0.25) is 0 Å². The SMILES string of the molecule is Cc1cc(CBr)cc(F)c1C. The Morgan fingerprint density at radius 1 is 1.36 bits per heavy atom. The minimum Gasteiger partial charge on any atom is -0.207 e. The highest BCUT2D eigenvalue weighted by atomic mass is 79.9. The number of benzene rings is 1. The Balaban J connectivity index is 3.21. The summed E-state index contributed by atoms with van der Waals surface area (Å²) < 4.78 is 13.0. The number of hydrogen-bond donors (Lipinski definition) is 0. The van der Waals surface area contributed by atoms with E-state index in [9.17, 15) is 4.39 Å². The summed E-state index contributed by atoms with van der Waals surface area (Å²) in [4.78, 5) is 0. The standard InChI is InChI=1S/C9H10BrF/c1-6-3-8(5-10)4-9(11)7(6)2/h3-4H,5H2,1-2H3. The van der Waals surface area contributed by atoms with Gasteiger partial charge in [-0.1, -0.05) is 22.0 Å². The van der Waals surface area contributed by atoms with Gasteiger partial charge in [0.15, 0.2) is 0 Å². The molecule has 0 fully saturated rings. The van der Waals surface area contributed by atoms with E-state index in [1.165, 1.54) is 0 Å². The molecule has 0 heterocycles. The number of rotatable bonds is 1. The van der Waals surface area contributed by atoms with Crippen LogP contribution in [-0.4, -0.2) is 0 Å². The summed E-state index contributed by atoms with van der Waals surface area (Å²) in [5.41, 5.74) is 2.75. The summed E-state index contributed by atoms with van der Waals surface area (Å²) in [5.74, 6) is -0.112. The fraction of sp³-hybridized carbons (Fsp3) is 0.333. The van der Waals surface area contributed by atoms with Crippen molar-refractivity contribution in [3.63, 3.8) is 0 Å². The molecular weight excluding hydrogens is 207 g/mol. The summed E-state index contributed by atoms with van der Waals surface area (Å²) >= 11 is 3.28. The van der Waals surface area contributed by atoms with Gasteiger partial charge in [0, 0.05) is 5.33 Å². The molecule has 0 nitrogen and oxygen atoms in total. The average Bonchev–Trinajstić information content (AvgIpc) is 1.99. The number of halogens is 2. The van der Waals surface area contributed by atoms with E-state index in [-0.39, 0.29) is 5.82 Å². The topological polar surface area (TPSA) is 0 Å². The van der Waals surface area contributed by atoms with Crippen molar-refractivity contribution in [2.75, 3.05) is 0 Å². The van der Waals surface area contributed by atoms with Crippen LogP contribution in [0.4, 0.5) is 4.39 Å². The fourth-order valence-electron chi connectivity index (χ4n) is 0.965. The molecule has 0 aliphatic heterocycles. The van der Waals surface area contributed by atoms with E-state index in [0.29, 0.717) is 5.33 Å². The third-order valence-corrected chi connectivity index (χ3v) is 2.47. The lowest BCUT2D eigenvalue weighted by Crippen LogP contribution is -1.89. The minimum atomic E-state index is -0.112. The zero-order valence-corrected chi connectivity index (χ0v) is 8.20. The summed E-state index contributed by atoms with van der Waals surface area (Å²) in [7, 11) is 0. The molecule has 0 saturated carbocycles.